The molecule has 2 amide bonds. The third-order valence-corrected chi connectivity index (χ3v) is 5.35. The first-order valence-electron chi connectivity index (χ1n) is 9.34. The summed E-state index contributed by atoms with van der Waals surface area (Å²) in [5.41, 5.74) is 2.10. The van der Waals surface area contributed by atoms with Gasteiger partial charge >= 0.3 is 0 Å². The first kappa shape index (κ1) is 17.9. The number of carbonyl (C=O) groups excluding carboxylic acids is 2. The monoisotopic (exact) mass is 344 g/mol. The van der Waals surface area contributed by atoms with Crippen molar-refractivity contribution in [3.63, 3.8) is 0 Å². The zero-order chi connectivity index (χ0) is 18.0. The van der Waals surface area contributed by atoms with Gasteiger partial charge in [-0.25, -0.2) is 0 Å². The van der Waals surface area contributed by atoms with Crippen LogP contribution in [0, 0.1) is 11.8 Å². The molecule has 2 unspecified atom stereocenters. The van der Waals surface area contributed by atoms with Gasteiger partial charge in [0.05, 0.1) is 0 Å². The summed E-state index contributed by atoms with van der Waals surface area (Å²) in [5, 5.41) is 12.2. The fourth-order valence-electron chi connectivity index (χ4n) is 3.57. The summed E-state index contributed by atoms with van der Waals surface area (Å²) in [5.74, 6) is 0.00901. The summed E-state index contributed by atoms with van der Waals surface area (Å²) in [4.78, 5) is 27.0. The minimum atomic E-state index is -0.607. The molecule has 5 heteroatoms. The number of nitrogens with zero attached hydrogens (tertiary/aromatic N) is 1. The Morgan fingerprint density at radius 1 is 1.24 bits per heavy atom. The van der Waals surface area contributed by atoms with Gasteiger partial charge in [0.15, 0.2) is 0 Å². The van der Waals surface area contributed by atoms with E-state index < -0.39 is 5.92 Å². The number of hydrogen-bond acceptors (Lipinski definition) is 3. The van der Waals surface area contributed by atoms with Gasteiger partial charge in [-0.2, -0.15) is 0 Å². The highest BCUT2D eigenvalue weighted by Gasteiger charge is 2.40. The summed E-state index contributed by atoms with van der Waals surface area (Å²) in [7, 11) is 0. The number of hydrogen-bond donors (Lipinski definition) is 2. The van der Waals surface area contributed by atoms with Crippen molar-refractivity contribution >= 4 is 17.5 Å². The Morgan fingerprint density at radius 3 is 2.48 bits per heavy atom. The predicted molar refractivity (Wildman–Crippen MR) is 97.3 cm³/mol. The topological polar surface area (TPSA) is 69.6 Å². The fourth-order valence-corrected chi connectivity index (χ4v) is 3.57. The lowest BCUT2D eigenvalue weighted by molar-refractivity contribution is -0.132. The van der Waals surface area contributed by atoms with Gasteiger partial charge in [0.1, 0.15) is 5.92 Å². The van der Waals surface area contributed by atoms with Crippen molar-refractivity contribution in [3.8, 4) is 0 Å². The van der Waals surface area contributed by atoms with Crippen molar-refractivity contribution in [3.05, 3.63) is 29.8 Å². The van der Waals surface area contributed by atoms with Gasteiger partial charge in [0.25, 0.3) is 0 Å². The van der Waals surface area contributed by atoms with E-state index in [1.807, 2.05) is 24.3 Å². The molecule has 1 aromatic rings. The first-order valence-corrected chi connectivity index (χ1v) is 9.34. The Balaban J connectivity index is 1.63. The number of rotatable bonds is 7. The van der Waals surface area contributed by atoms with E-state index in [0.29, 0.717) is 31.2 Å². The molecule has 1 saturated carbocycles. The van der Waals surface area contributed by atoms with Crippen LogP contribution in [0.1, 0.15) is 51.0 Å². The Labute approximate surface area is 149 Å². The van der Waals surface area contributed by atoms with Gasteiger partial charge in [0, 0.05) is 24.9 Å². The molecule has 1 aliphatic carbocycles. The fraction of sp³-hybridized carbons (Fsp3) is 0.600. The van der Waals surface area contributed by atoms with Crippen LogP contribution in [0.3, 0.4) is 0 Å². The average Bonchev–Trinajstić information content (AvgIpc) is 3.37. The number of anilines is 1. The molecular formula is C20H28N2O3. The molecule has 2 N–H and O–H groups in total. The second-order valence-corrected chi connectivity index (χ2v) is 7.54. The summed E-state index contributed by atoms with van der Waals surface area (Å²) in [6, 6.07) is 8.03. The Bertz CT molecular complexity index is 622. The zero-order valence-corrected chi connectivity index (χ0v) is 15.1. The summed E-state index contributed by atoms with van der Waals surface area (Å²) in [6.07, 6.45) is 3.31. The van der Waals surface area contributed by atoms with E-state index in [1.54, 1.807) is 4.90 Å². The maximum Gasteiger partial charge on any atom is 0.239 e. The molecule has 0 radical (unpaired) electrons. The summed E-state index contributed by atoms with van der Waals surface area (Å²) in [6.45, 7) is 4.92. The van der Waals surface area contributed by atoms with Crippen LogP contribution in [0.15, 0.2) is 24.3 Å². The molecule has 136 valence electrons. The lowest BCUT2D eigenvalue weighted by Gasteiger charge is -2.20. The smallest absolute Gasteiger partial charge is 0.239 e. The van der Waals surface area contributed by atoms with Crippen LogP contribution in [-0.4, -0.2) is 36.1 Å². The number of carbonyl (C=O) groups is 2. The number of benzene rings is 1. The van der Waals surface area contributed by atoms with Gasteiger partial charge in [-0.05, 0) is 55.2 Å². The Hall–Kier alpha value is -1.88. The average molecular weight is 344 g/mol. The van der Waals surface area contributed by atoms with Crippen LogP contribution in [0.5, 0.6) is 0 Å². The zero-order valence-electron chi connectivity index (χ0n) is 15.1. The van der Waals surface area contributed by atoms with Crippen molar-refractivity contribution in [1.29, 1.82) is 0 Å². The molecule has 0 aromatic heterocycles. The highest BCUT2D eigenvalue weighted by molar-refractivity contribution is 6.09. The largest absolute Gasteiger partial charge is 0.396 e. The molecule has 1 aromatic carbocycles. The molecule has 2 atom stereocenters. The van der Waals surface area contributed by atoms with Gasteiger partial charge < -0.3 is 15.3 Å². The van der Waals surface area contributed by atoms with Gasteiger partial charge in [-0.15, -0.1) is 0 Å². The molecular weight excluding hydrogens is 316 g/mol. The quantitative estimate of drug-likeness (QED) is 0.747. The Kier molecular flexibility index (Phi) is 5.42. The first-order chi connectivity index (χ1) is 12.0. The van der Waals surface area contributed by atoms with Crippen molar-refractivity contribution in [2.24, 2.45) is 11.8 Å². The third-order valence-electron chi connectivity index (χ3n) is 5.35. The maximum absolute atomic E-state index is 12.7. The second kappa shape index (κ2) is 7.56. The molecule has 1 aliphatic heterocycles. The minimum absolute atomic E-state index is 0.00433. The van der Waals surface area contributed by atoms with E-state index >= 15 is 0 Å². The third kappa shape index (κ3) is 4.03. The van der Waals surface area contributed by atoms with Crippen LogP contribution < -0.4 is 10.2 Å². The lowest BCUT2D eigenvalue weighted by atomic mass is 10.0. The Morgan fingerprint density at radius 2 is 1.92 bits per heavy atom. The second-order valence-electron chi connectivity index (χ2n) is 7.54. The predicted octanol–water partition coefficient (Wildman–Crippen LogP) is 2.44. The standard InChI is InChI=1S/C20H28N2O3/c1-13(2)14-5-7-16(8-6-14)22-11-9-17(20(22)25)19(24)21-18(10-12-23)15-3-4-15/h5-8,13,15,17-18,23H,3-4,9-12H2,1-2H3,(H,21,24). The van der Waals surface area contributed by atoms with E-state index in [1.165, 1.54) is 5.56 Å². The molecule has 2 aliphatic rings. The van der Waals surface area contributed by atoms with Crippen LogP contribution in [0.2, 0.25) is 0 Å². The van der Waals surface area contributed by atoms with E-state index in [2.05, 4.69) is 19.2 Å². The van der Waals surface area contributed by atoms with Gasteiger partial charge in [-0.1, -0.05) is 26.0 Å². The van der Waals surface area contributed by atoms with Crippen molar-refractivity contribution in [1.82, 2.24) is 5.32 Å². The van der Waals surface area contributed by atoms with E-state index in [9.17, 15) is 9.59 Å². The van der Waals surface area contributed by atoms with Crippen molar-refractivity contribution < 1.29 is 14.7 Å². The molecule has 0 spiro atoms. The highest BCUT2D eigenvalue weighted by Crippen LogP contribution is 2.34. The molecule has 3 rings (SSSR count). The van der Waals surface area contributed by atoms with Gasteiger partial charge in [-0.3, -0.25) is 9.59 Å². The van der Waals surface area contributed by atoms with Crippen molar-refractivity contribution in [2.45, 2.75) is 51.5 Å². The molecule has 1 saturated heterocycles. The maximum atomic E-state index is 12.7. The number of aliphatic hydroxyl groups is 1. The van der Waals surface area contributed by atoms with Crippen LogP contribution in [-0.2, 0) is 9.59 Å². The van der Waals surface area contributed by atoms with E-state index in [4.69, 9.17) is 5.11 Å². The van der Waals surface area contributed by atoms with Crippen LogP contribution in [0.25, 0.3) is 0 Å². The van der Waals surface area contributed by atoms with Crippen LogP contribution in [0.4, 0.5) is 5.69 Å². The molecule has 1 heterocycles. The minimum Gasteiger partial charge on any atom is -0.396 e. The normalized spacial score (nSPS) is 21.7. The lowest BCUT2D eigenvalue weighted by Crippen LogP contribution is -2.43. The molecule has 2 fully saturated rings. The highest BCUT2D eigenvalue weighted by atomic mass is 16.3. The SMILES string of the molecule is CC(C)c1ccc(N2CCC(C(=O)NC(CCO)C3CC3)C2=O)cc1. The molecule has 25 heavy (non-hydrogen) atoms. The van der Waals surface area contributed by atoms with Crippen molar-refractivity contribution in [2.75, 3.05) is 18.1 Å². The molecule has 5 nitrogen and oxygen atoms in total. The van der Waals surface area contributed by atoms with E-state index in [-0.39, 0.29) is 24.5 Å². The van der Waals surface area contributed by atoms with E-state index in [0.717, 1.165) is 18.5 Å². The summed E-state index contributed by atoms with van der Waals surface area (Å²) < 4.78 is 0. The van der Waals surface area contributed by atoms with Crippen LogP contribution >= 0.6 is 0 Å². The number of nitrogens with one attached hydrogen (secondary N) is 1. The molecule has 0 bridgehead atoms. The number of amides is 2. The summed E-state index contributed by atoms with van der Waals surface area (Å²) >= 11 is 0. The van der Waals surface area contributed by atoms with Gasteiger partial charge in [0.2, 0.25) is 11.8 Å². The number of aliphatic hydroxyl groups excluding tert-OH is 1.